The van der Waals surface area contributed by atoms with E-state index in [1.54, 1.807) is 0 Å². The quantitative estimate of drug-likeness (QED) is 0.217. The van der Waals surface area contributed by atoms with Gasteiger partial charge in [-0.25, -0.2) is 4.31 Å². The summed E-state index contributed by atoms with van der Waals surface area (Å²) < 4.78 is 14.2. The summed E-state index contributed by atoms with van der Waals surface area (Å²) in [5, 5.41) is 0. The first-order valence-electron chi connectivity index (χ1n) is 7.72. The van der Waals surface area contributed by atoms with E-state index in [4.69, 9.17) is 8.85 Å². The third-order valence-corrected chi connectivity index (χ3v) is 8.88. The van der Waals surface area contributed by atoms with Gasteiger partial charge in [0.1, 0.15) is 0 Å². The predicted octanol–water partition coefficient (Wildman–Crippen LogP) is 4.94. The number of rotatable bonds is 12. The van der Waals surface area contributed by atoms with E-state index in [2.05, 4.69) is 52.4 Å². The lowest BCUT2D eigenvalue weighted by Crippen LogP contribution is -2.38. The fourth-order valence-corrected chi connectivity index (χ4v) is 7.56. The first-order valence-corrected chi connectivity index (χ1v) is 12.5. The molecule has 0 rings (SSSR count). The van der Waals surface area contributed by atoms with Gasteiger partial charge in [0.05, 0.1) is 0 Å². The normalized spacial score (nSPS) is 12.9. The van der Waals surface area contributed by atoms with Gasteiger partial charge in [-0.1, -0.05) is 10.8 Å². The average molecular weight is 340 g/mol. The lowest BCUT2D eigenvalue weighted by atomic mass is 10.3. The van der Waals surface area contributed by atoms with Gasteiger partial charge >= 0.3 is 8.56 Å². The van der Waals surface area contributed by atoms with Gasteiger partial charge in [0, 0.05) is 31.1 Å². The Morgan fingerprint density at radius 3 is 1.90 bits per heavy atom. The van der Waals surface area contributed by atoms with Gasteiger partial charge in [-0.05, 0) is 71.5 Å². The smallest absolute Gasteiger partial charge is 0.334 e. The molecule has 0 amide bonds. The van der Waals surface area contributed by atoms with Crippen LogP contribution in [-0.2, 0) is 8.85 Å². The molecular formula is C14H33NO2S2Si. The van der Waals surface area contributed by atoms with Gasteiger partial charge in [0.15, 0.2) is 0 Å². The second-order valence-electron chi connectivity index (χ2n) is 5.55. The van der Waals surface area contributed by atoms with E-state index >= 15 is 0 Å². The van der Waals surface area contributed by atoms with Gasteiger partial charge in [0.25, 0.3) is 0 Å². The first-order chi connectivity index (χ1) is 9.36. The van der Waals surface area contributed by atoms with Crippen molar-refractivity contribution in [3.05, 3.63) is 0 Å². The van der Waals surface area contributed by atoms with E-state index in [1.165, 1.54) is 6.42 Å². The topological polar surface area (TPSA) is 21.7 Å². The molecule has 0 aliphatic rings. The molecule has 0 heterocycles. The molecule has 0 aliphatic heterocycles. The fraction of sp³-hybridized carbons (Fsp3) is 1.00. The van der Waals surface area contributed by atoms with E-state index in [0.717, 1.165) is 25.0 Å². The second kappa shape index (κ2) is 11.4. The first kappa shape index (κ1) is 20.8. The molecule has 0 saturated carbocycles. The molecule has 20 heavy (non-hydrogen) atoms. The maximum absolute atomic E-state index is 5.86. The standard InChI is InChI=1S/C14H33NO2S2Si/c1-8-16-20(7,17-9-2)12-10-11-18-19-15(13(3)4)14(5)6/h13-14H,8-12H2,1-7H3. The van der Waals surface area contributed by atoms with Crippen LogP contribution in [0.15, 0.2) is 0 Å². The number of hydrogen-bond donors (Lipinski definition) is 0. The van der Waals surface area contributed by atoms with Crippen LogP contribution in [-0.4, -0.2) is 43.9 Å². The SMILES string of the molecule is CCO[Si](C)(CCCSSN(C(C)C)C(C)C)OCC. The molecule has 6 heteroatoms. The van der Waals surface area contributed by atoms with Crippen molar-refractivity contribution < 1.29 is 8.85 Å². The highest BCUT2D eigenvalue weighted by Crippen LogP contribution is 2.31. The Labute approximate surface area is 135 Å². The zero-order valence-electron chi connectivity index (χ0n) is 14.3. The molecule has 0 atom stereocenters. The van der Waals surface area contributed by atoms with Gasteiger partial charge in [-0.3, -0.25) is 0 Å². The van der Waals surface area contributed by atoms with Crippen LogP contribution in [0.3, 0.4) is 0 Å². The van der Waals surface area contributed by atoms with Crippen molar-refractivity contribution in [3.63, 3.8) is 0 Å². The van der Waals surface area contributed by atoms with Crippen LogP contribution in [0.2, 0.25) is 12.6 Å². The summed E-state index contributed by atoms with van der Waals surface area (Å²) >= 11 is 0. The molecule has 0 N–H and O–H groups in total. The maximum Gasteiger partial charge on any atom is 0.334 e. The molecule has 0 bridgehead atoms. The Morgan fingerprint density at radius 1 is 1.00 bits per heavy atom. The molecule has 0 spiro atoms. The average Bonchev–Trinajstić information content (AvgIpc) is 2.33. The summed E-state index contributed by atoms with van der Waals surface area (Å²) in [6, 6.07) is 2.25. The Morgan fingerprint density at radius 2 is 1.50 bits per heavy atom. The van der Waals surface area contributed by atoms with Crippen LogP contribution < -0.4 is 0 Å². The van der Waals surface area contributed by atoms with E-state index in [1.807, 2.05) is 21.8 Å². The predicted molar refractivity (Wildman–Crippen MR) is 96.5 cm³/mol. The number of hydrogen-bond acceptors (Lipinski definition) is 5. The lowest BCUT2D eigenvalue weighted by Gasteiger charge is -2.28. The molecule has 0 aliphatic carbocycles. The third-order valence-electron chi connectivity index (χ3n) is 2.91. The van der Waals surface area contributed by atoms with Crippen molar-refractivity contribution >= 4 is 30.3 Å². The van der Waals surface area contributed by atoms with Crippen molar-refractivity contribution in [2.24, 2.45) is 0 Å². The molecule has 0 aromatic carbocycles. The molecule has 0 aromatic rings. The molecule has 0 aromatic heterocycles. The van der Waals surface area contributed by atoms with E-state index in [9.17, 15) is 0 Å². The highest BCUT2D eigenvalue weighted by atomic mass is 33.1. The summed E-state index contributed by atoms with van der Waals surface area (Å²) in [7, 11) is 1.94. The molecule has 0 radical (unpaired) electrons. The Kier molecular flexibility index (Phi) is 11.8. The highest BCUT2D eigenvalue weighted by Gasteiger charge is 2.29. The summed E-state index contributed by atoms with van der Waals surface area (Å²) in [6.45, 7) is 16.8. The largest absolute Gasteiger partial charge is 0.395 e. The zero-order chi connectivity index (χ0) is 15.6. The van der Waals surface area contributed by atoms with Crippen LogP contribution in [0.5, 0.6) is 0 Å². The van der Waals surface area contributed by atoms with Crippen LogP contribution in [0.1, 0.15) is 48.0 Å². The molecule has 3 nitrogen and oxygen atoms in total. The Balaban J connectivity index is 3.94. The van der Waals surface area contributed by atoms with Crippen LogP contribution in [0.4, 0.5) is 0 Å². The van der Waals surface area contributed by atoms with E-state index < -0.39 is 8.56 Å². The van der Waals surface area contributed by atoms with Crippen molar-refractivity contribution in [2.75, 3.05) is 19.0 Å². The van der Waals surface area contributed by atoms with Crippen LogP contribution >= 0.6 is 21.8 Å². The monoisotopic (exact) mass is 339 g/mol. The summed E-state index contributed by atoms with van der Waals surface area (Å²) in [5.74, 6) is 1.16. The second-order valence-corrected chi connectivity index (χ2v) is 11.3. The summed E-state index contributed by atoms with van der Waals surface area (Å²) in [6.07, 6.45) is 1.17. The summed E-state index contributed by atoms with van der Waals surface area (Å²) in [5.41, 5.74) is 0. The van der Waals surface area contributed by atoms with Gasteiger partial charge in [0.2, 0.25) is 0 Å². The minimum atomic E-state index is -1.91. The zero-order valence-corrected chi connectivity index (χ0v) is 16.9. The Bertz CT molecular complexity index is 229. The van der Waals surface area contributed by atoms with Crippen molar-refractivity contribution in [2.45, 2.75) is 72.6 Å². The van der Waals surface area contributed by atoms with Gasteiger partial charge in [-0.2, -0.15) is 0 Å². The maximum atomic E-state index is 5.86. The van der Waals surface area contributed by atoms with Crippen LogP contribution in [0, 0.1) is 0 Å². The number of nitrogens with zero attached hydrogens (tertiary/aromatic N) is 1. The van der Waals surface area contributed by atoms with Crippen LogP contribution in [0.25, 0.3) is 0 Å². The van der Waals surface area contributed by atoms with Gasteiger partial charge in [-0.15, -0.1) is 0 Å². The highest BCUT2D eigenvalue weighted by molar-refractivity contribution is 8.75. The summed E-state index contributed by atoms with van der Waals surface area (Å²) in [4.78, 5) is 0. The van der Waals surface area contributed by atoms with Crippen molar-refractivity contribution in [1.29, 1.82) is 0 Å². The molecule has 0 unspecified atom stereocenters. The van der Waals surface area contributed by atoms with E-state index in [0.29, 0.717) is 12.1 Å². The lowest BCUT2D eigenvalue weighted by molar-refractivity contribution is 0.189. The fourth-order valence-electron chi connectivity index (χ4n) is 2.12. The third kappa shape index (κ3) is 8.95. The van der Waals surface area contributed by atoms with Crippen molar-refractivity contribution in [1.82, 2.24) is 4.31 Å². The molecule has 0 saturated heterocycles. The molecule has 122 valence electrons. The molecule has 0 fully saturated rings. The van der Waals surface area contributed by atoms with Crippen molar-refractivity contribution in [3.8, 4) is 0 Å². The molecular weight excluding hydrogens is 306 g/mol. The Hall–Kier alpha value is 0.797. The minimum Gasteiger partial charge on any atom is -0.395 e. The minimum absolute atomic E-state index is 0.582. The van der Waals surface area contributed by atoms with Gasteiger partial charge < -0.3 is 8.85 Å². The van der Waals surface area contributed by atoms with E-state index in [-0.39, 0.29) is 0 Å².